The molecule has 0 aliphatic carbocycles. The summed E-state index contributed by atoms with van der Waals surface area (Å²) in [7, 11) is 0. The second-order valence-corrected chi connectivity index (χ2v) is 7.35. The molecular weight excluding hydrogens is 368 g/mol. The Morgan fingerprint density at radius 2 is 1.87 bits per heavy atom. The molecule has 4 rings (SSSR count). The van der Waals surface area contributed by atoms with E-state index < -0.39 is 0 Å². The van der Waals surface area contributed by atoms with E-state index in [-0.39, 0.29) is 0 Å². The van der Waals surface area contributed by atoms with Crippen molar-refractivity contribution in [1.82, 2.24) is 0 Å². The van der Waals surface area contributed by atoms with Crippen LogP contribution in [0.4, 0.5) is 5.69 Å². The molecule has 1 aliphatic heterocycles. The van der Waals surface area contributed by atoms with Crippen LogP contribution in [0, 0.1) is 0 Å². The van der Waals surface area contributed by atoms with Crippen LogP contribution in [-0.2, 0) is 0 Å². The van der Waals surface area contributed by atoms with E-state index in [0.29, 0.717) is 5.92 Å². The fourth-order valence-electron chi connectivity index (χ4n) is 2.89. The first kappa shape index (κ1) is 14.7. The van der Waals surface area contributed by atoms with Gasteiger partial charge in [0.25, 0.3) is 0 Å². The third-order valence-corrected chi connectivity index (χ3v) is 5.38. The lowest BCUT2D eigenvalue weighted by Crippen LogP contribution is -2.18. The van der Waals surface area contributed by atoms with Gasteiger partial charge in [-0.2, -0.15) is 5.10 Å². The van der Waals surface area contributed by atoms with Gasteiger partial charge < -0.3 is 0 Å². The van der Waals surface area contributed by atoms with E-state index in [1.807, 2.05) is 6.07 Å². The SMILES string of the molecule is Brc1cccc(N2CC(c3ccccc3)C(c3cccs3)=N2)c1. The van der Waals surface area contributed by atoms with E-state index in [0.717, 1.165) is 22.4 Å². The molecule has 2 heterocycles. The molecule has 3 aromatic rings. The molecule has 1 aliphatic rings. The summed E-state index contributed by atoms with van der Waals surface area (Å²) < 4.78 is 1.08. The molecular formula is C19H15BrN2S. The van der Waals surface area contributed by atoms with Crippen molar-refractivity contribution in [1.29, 1.82) is 0 Å². The van der Waals surface area contributed by atoms with Gasteiger partial charge in [0.05, 0.1) is 22.8 Å². The minimum atomic E-state index is 0.300. The summed E-state index contributed by atoms with van der Waals surface area (Å²) in [6.45, 7) is 0.869. The monoisotopic (exact) mass is 382 g/mol. The Morgan fingerprint density at radius 3 is 2.61 bits per heavy atom. The molecule has 0 spiro atoms. The first-order chi connectivity index (χ1) is 11.3. The fourth-order valence-corrected chi connectivity index (χ4v) is 4.05. The van der Waals surface area contributed by atoms with Crippen LogP contribution in [0.3, 0.4) is 0 Å². The lowest BCUT2D eigenvalue weighted by molar-refractivity contribution is 0.850. The quantitative estimate of drug-likeness (QED) is 0.582. The van der Waals surface area contributed by atoms with Crippen LogP contribution < -0.4 is 5.01 Å². The normalized spacial score (nSPS) is 17.3. The summed E-state index contributed by atoms with van der Waals surface area (Å²) in [5.41, 5.74) is 3.59. The van der Waals surface area contributed by atoms with Crippen LogP contribution in [0.2, 0.25) is 0 Å². The molecule has 0 saturated heterocycles. The number of hydrogen-bond acceptors (Lipinski definition) is 3. The molecule has 23 heavy (non-hydrogen) atoms. The van der Waals surface area contributed by atoms with Crippen molar-refractivity contribution in [2.24, 2.45) is 5.10 Å². The van der Waals surface area contributed by atoms with Gasteiger partial charge in [0.1, 0.15) is 0 Å². The van der Waals surface area contributed by atoms with E-state index in [1.165, 1.54) is 10.4 Å². The van der Waals surface area contributed by atoms with Gasteiger partial charge in [-0.1, -0.05) is 58.4 Å². The van der Waals surface area contributed by atoms with Crippen molar-refractivity contribution in [3.63, 3.8) is 0 Å². The number of hydrazone groups is 1. The summed E-state index contributed by atoms with van der Waals surface area (Å²) >= 11 is 5.30. The molecule has 0 bridgehead atoms. The average molecular weight is 383 g/mol. The summed E-state index contributed by atoms with van der Waals surface area (Å²) in [5.74, 6) is 0.300. The lowest BCUT2D eigenvalue weighted by Gasteiger charge is -2.16. The van der Waals surface area contributed by atoms with Crippen molar-refractivity contribution in [2.75, 3.05) is 11.6 Å². The van der Waals surface area contributed by atoms with E-state index >= 15 is 0 Å². The highest BCUT2D eigenvalue weighted by Gasteiger charge is 2.30. The van der Waals surface area contributed by atoms with Crippen molar-refractivity contribution >= 4 is 38.7 Å². The maximum atomic E-state index is 4.94. The number of hydrogen-bond donors (Lipinski definition) is 0. The molecule has 1 aromatic heterocycles. The molecule has 1 atom stereocenters. The Morgan fingerprint density at radius 1 is 1.00 bits per heavy atom. The highest BCUT2D eigenvalue weighted by Crippen LogP contribution is 2.33. The van der Waals surface area contributed by atoms with Gasteiger partial charge in [-0.05, 0) is 35.2 Å². The van der Waals surface area contributed by atoms with Crippen molar-refractivity contribution < 1.29 is 0 Å². The predicted molar refractivity (Wildman–Crippen MR) is 102 cm³/mol. The Bertz CT molecular complexity index is 828. The molecule has 4 heteroatoms. The largest absolute Gasteiger partial charge is 0.264 e. The summed E-state index contributed by atoms with van der Waals surface area (Å²) in [4.78, 5) is 1.25. The number of nitrogens with zero attached hydrogens (tertiary/aromatic N) is 2. The van der Waals surface area contributed by atoms with Crippen LogP contribution >= 0.6 is 27.3 Å². The maximum absolute atomic E-state index is 4.94. The zero-order valence-corrected chi connectivity index (χ0v) is 14.8. The summed E-state index contributed by atoms with van der Waals surface area (Å²) in [6, 6.07) is 23.2. The Balaban J connectivity index is 1.75. The second-order valence-electron chi connectivity index (χ2n) is 5.49. The van der Waals surface area contributed by atoms with Crippen LogP contribution in [0.15, 0.2) is 81.7 Å². The highest BCUT2D eigenvalue weighted by molar-refractivity contribution is 9.10. The first-order valence-electron chi connectivity index (χ1n) is 7.52. The van der Waals surface area contributed by atoms with E-state index in [2.05, 4.69) is 87.0 Å². The van der Waals surface area contributed by atoms with Crippen molar-refractivity contribution in [2.45, 2.75) is 5.92 Å². The average Bonchev–Trinajstić information content (AvgIpc) is 3.25. The van der Waals surface area contributed by atoms with Crippen LogP contribution in [0.25, 0.3) is 0 Å². The van der Waals surface area contributed by atoms with Crippen LogP contribution in [0.5, 0.6) is 0 Å². The van der Waals surface area contributed by atoms with Gasteiger partial charge in [0, 0.05) is 10.4 Å². The first-order valence-corrected chi connectivity index (χ1v) is 9.19. The number of anilines is 1. The van der Waals surface area contributed by atoms with Crippen LogP contribution in [-0.4, -0.2) is 12.3 Å². The number of rotatable bonds is 3. The molecule has 2 nitrogen and oxygen atoms in total. The molecule has 0 saturated carbocycles. The minimum absolute atomic E-state index is 0.300. The molecule has 114 valence electrons. The van der Waals surface area contributed by atoms with E-state index in [1.54, 1.807) is 11.3 Å². The third kappa shape index (κ3) is 2.96. The molecule has 0 amide bonds. The standard InChI is InChI=1S/C19H15BrN2S/c20-15-8-4-9-16(12-15)22-13-17(14-6-2-1-3-7-14)19(21-22)18-10-5-11-23-18/h1-12,17H,13H2. The van der Waals surface area contributed by atoms with E-state index in [4.69, 9.17) is 5.10 Å². The summed E-state index contributed by atoms with van der Waals surface area (Å²) in [6.07, 6.45) is 0. The van der Waals surface area contributed by atoms with Gasteiger partial charge in [0.15, 0.2) is 0 Å². The van der Waals surface area contributed by atoms with Gasteiger partial charge in [-0.15, -0.1) is 11.3 Å². The molecule has 0 radical (unpaired) electrons. The lowest BCUT2D eigenvalue weighted by atomic mass is 9.94. The topological polar surface area (TPSA) is 15.6 Å². The molecule has 2 aromatic carbocycles. The third-order valence-electron chi connectivity index (χ3n) is 4.00. The minimum Gasteiger partial charge on any atom is -0.264 e. The molecule has 0 N–H and O–H groups in total. The van der Waals surface area contributed by atoms with Crippen LogP contribution in [0.1, 0.15) is 16.4 Å². The van der Waals surface area contributed by atoms with Gasteiger partial charge >= 0.3 is 0 Å². The van der Waals surface area contributed by atoms with Crippen molar-refractivity contribution in [3.8, 4) is 0 Å². The zero-order chi connectivity index (χ0) is 15.6. The Labute approximate surface area is 148 Å². The molecule has 0 fully saturated rings. The number of thiophene rings is 1. The van der Waals surface area contributed by atoms with Gasteiger partial charge in [-0.25, -0.2) is 0 Å². The number of halogens is 1. The smallest absolute Gasteiger partial charge is 0.0874 e. The second kappa shape index (κ2) is 6.30. The highest BCUT2D eigenvalue weighted by atomic mass is 79.9. The van der Waals surface area contributed by atoms with Crippen molar-refractivity contribution in [3.05, 3.63) is 87.0 Å². The zero-order valence-electron chi connectivity index (χ0n) is 12.4. The Kier molecular flexibility index (Phi) is 4.02. The fraction of sp³-hybridized carbons (Fsp3) is 0.105. The van der Waals surface area contributed by atoms with Gasteiger partial charge in [-0.3, -0.25) is 5.01 Å². The number of benzene rings is 2. The maximum Gasteiger partial charge on any atom is 0.0874 e. The Hall–Kier alpha value is -1.91. The van der Waals surface area contributed by atoms with Gasteiger partial charge in [0.2, 0.25) is 0 Å². The molecule has 1 unspecified atom stereocenters. The summed E-state index contributed by atoms with van der Waals surface area (Å²) in [5, 5.41) is 9.16. The predicted octanol–water partition coefficient (Wildman–Crippen LogP) is 5.52. The van der Waals surface area contributed by atoms with E-state index in [9.17, 15) is 0 Å².